The van der Waals surface area contributed by atoms with Gasteiger partial charge >= 0.3 is 6.09 Å². The van der Waals surface area contributed by atoms with Crippen molar-refractivity contribution in [3.8, 4) is 0 Å². The van der Waals surface area contributed by atoms with Crippen molar-refractivity contribution in [1.29, 1.82) is 0 Å². The van der Waals surface area contributed by atoms with Gasteiger partial charge in [0.2, 0.25) is 0 Å². The lowest BCUT2D eigenvalue weighted by Gasteiger charge is -2.34. The molecule has 116 valence electrons. The molecular formula is C16H23ClN2O2. The maximum Gasteiger partial charge on any atom is 0.410 e. The van der Waals surface area contributed by atoms with E-state index < -0.39 is 0 Å². The van der Waals surface area contributed by atoms with E-state index in [-0.39, 0.29) is 12.7 Å². The molecule has 2 rings (SSSR count). The highest BCUT2D eigenvalue weighted by molar-refractivity contribution is 6.30. The first kappa shape index (κ1) is 16.1. The minimum Gasteiger partial charge on any atom is -0.445 e. The third-order valence-electron chi connectivity index (χ3n) is 3.71. The van der Waals surface area contributed by atoms with Crippen LogP contribution in [0.4, 0.5) is 4.79 Å². The molecule has 4 nitrogen and oxygen atoms in total. The monoisotopic (exact) mass is 310 g/mol. The molecule has 1 heterocycles. The molecule has 0 radical (unpaired) electrons. The van der Waals surface area contributed by atoms with Crippen molar-refractivity contribution in [2.45, 2.75) is 26.4 Å². The van der Waals surface area contributed by atoms with E-state index in [0.717, 1.165) is 38.3 Å². The van der Waals surface area contributed by atoms with Crippen LogP contribution in [0.1, 0.15) is 25.3 Å². The second-order valence-corrected chi connectivity index (χ2v) is 5.80. The van der Waals surface area contributed by atoms with E-state index in [1.165, 1.54) is 12.8 Å². The van der Waals surface area contributed by atoms with Gasteiger partial charge in [-0.05, 0) is 30.7 Å². The molecule has 1 saturated heterocycles. The first-order valence-corrected chi connectivity index (χ1v) is 7.95. The Morgan fingerprint density at radius 3 is 2.71 bits per heavy atom. The van der Waals surface area contributed by atoms with E-state index in [1.54, 1.807) is 4.90 Å². The number of carbonyl (C=O) groups is 1. The van der Waals surface area contributed by atoms with Crippen LogP contribution in [0.15, 0.2) is 24.3 Å². The molecule has 1 amide bonds. The first-order valence-electron chi connectivity index (χ1n) is 7.57. The van der Waals surface area contributed by atoms with Crippen molar-refractivity contribution in [2.24, 2.45) is 0 Å². The van der Waals surface area contributed by atoms with Crippen LogP contribution in [0.3, 0.4) is 0 Å². The van der Waals surface area contributed by atoms with Gasteiger partial charge < -0.3 is 9.64 Å². The topological polar surface area (TPSA) is 32.8 Å². The minimum absolute atomic E-state index is 0.231. The number of nitrogens with zero attached hydrogens (tertiary/aromatic N) is 2. The van der Waals surface area contributed by atoms with Gasteiger partial charge in [0, 0.05) is 31.2 Å². The molecular weight excluding hydrogens is 288 g/mol. The number of piperazine rings is 1. The third-order valence-corrected chi connectivity index (χ3v) is 3.94. The number of ether oxygens (including phenoxy) is 1. The molecule has 0 N–H and O–H groups in total. The highest BCUT2D eigenvalue weighted by atomic mass is 35.5. The van der Waals surface area contributed by atoms with Gasteiger partial charge in [-0.15, -0.1) is 0 Å². The summed E-state index contributed by atoms with van der Waals surface area (Å²) < 4.78 is 5.35. The zero-order chi connectivity index (χ0) is 15.1. The summed E-state index contributed by atoms with van der Waals surface area (Å²) in [6.45, 7) is 6.97. The fraction of sp³-hybridized carbons (Fsp3) is 0.562. The molecule has 21 heavy (non-hydrogen) atoms. The fourth-order valence-corrected chi connectivity index (χ4v) is 2.61. The Kier molecular flexibility index (Phi) is 6.33. The molecule has 1 aliphatic rings. The lowest BCUT2D eigenvalue weighted by Crippen LogP contribution is -2.48. The van der Waals surface area contributed by atoms with E-state index in [9.17, 15) is 4.79 Å². The summed E-state index contributed by atoms with van der Waals surface area (Å²) in [4.78, 5) is 16.2. The van der Waals surface area contributed by atoms with Gasteiger partial charge in [0.1, 0.15) is 6.61 Å². The molecule has 5 heteroatoms. The first-order chi connectivity index (χ1) is 10.2. The highest BCUT2D eigenvalue weighted by Crippen LogP contribution is 2.12. The van der Waals surface area contributed by atoms with E-state index in [1.807, 2.05) is 24.3 Å². The number of amides is 1. The van der Waals surface area contributed by atoms with E-state index in [4.69, 9.17) is 16.3 Å². The Labute approximate surface area is 131 Å². The normalized spacial score (nSPS) is 16.0. The second-order valence-electron chi connectivity index (χ2n) is 5.37. The maximum absolute atomic E-state index is 12.0. The zero-order valence-corrected chi connectivity index (χ0v) is 13.3. The summed E-state index contributed by atoms with van der Waals surface area (Å²) in [5.41, 5.74) is 0.914. The number of hydrogen-bond acceptors (Lipinski definition) is 3. The summed E-state index contributed by atoms with van der Waals surface area (Å²) in [5, 5.41) is 0.660. The van der Waals surface area contributed by atoms with Crippen molar-refractivity contribution in [3.63, 3.8) is 0 Å². The van der Waals surface area contributed by atoms with Crippen molar-refractivity contribution in [2.75, 3.05) is 32.7 Å². The summed E-state index contributed by atoms with van der Waals surface area (Å²) in [6, 6.07) is 7.39. The van der Waals surface area contributed by atoms with Gasteiger partial charge in [-0.3, -0.25) is 4.90 Å². The lowest BCUT2D eigenvalue weighted by molar-refractivity contribution is 0.0714. The lowest BCUT2D eigenvalue weighted by atomic mass is 10.2. The molecule has 1 fully saturated rings. The summed E-state index contributed by atoms with van der Waals surface area (Å²) >= 11 is 5.91. The molecule has 0 aromatic heterocycles. The van der Waals surface area contributed by atoms with Gasteiger partial charge in [0.25, 0.3) is 0 Å². The second kappa shape index (κ2) is 8.25. The van der Waals surface area contributed by atoms with Crippen LogP contribution < -0.4 is 0 Å². The molecule has 1 aromatic rings. The van der Waals surface area contributed by atoms with Crippen molar-refractivity contribution in [3.05, 3.63) is 34.9 Å². The van der Waals surface area contributed by atoms with Crippen LogP contribution in [-0.2, 0) is 11.3 Å². The Balaban J connectivity index is 1.72. The SMILES string of the molecule is CCCCN1CCN(C(=O)OCc2cccc(Cl)c2)CC1. The van der Waals surface area contributed by atoms with Gasteiger partial charge in [0.05, 0.1) is 0 Å². The Morgan fingerprint density at radius 1 is 1.29 bits per heavy atom. The third kappa shape index (κ3) is 5.21. The quantitative estimate of drug-likeness (QED) is 0.835. The molecule has 1 aromatic carbocycles. The zero-order valence-electron chi connectivity index (χ0n) is 12.6. The standard InChI is InChI=1S/C16H23ClN2O2/c1-2-3-7-18-8-10-19(11-9-18)16(20)21-13-14-5-4-6-15(17)12-14/h4-6,12H,2-3,7-11,13H2,1H3. The average molecular weight is 311 g/mol. The number of halogens is 1. The van der Waals surface area contributed by atoms with E-state index in [0.29, 0.717) is 5.02 Å². The Morgan fingerprint density at radius 2 is 2.05 bits per heavy atom. The highest BCUT2D eigenvalue weighted by Gasteiger charge is 2.21. The van der Waals surface area contributed by atoms with Gasteiger partial charge in [0.15, 0.2) is 0 Å². The van der Waals surface area contributed by atoms with Gasteiger partial charge in [-0.25, -0.2) is 4.79 Å². The molecule has 0 saturated carbocycles. The largest absolute Gasteiger partial charge is 0.445 e. The number of benzene rings is 1. The molecule has 0 unspecified atom stereocenters. The molecule has 0 bridgehead atoms. The van der Waals surface area contributed by atoms with Crippen LogP contribution in [0, 0.1) is 0 Å². The number of unbranched alkanes of at least 4 members (excludes halogenated alkanes) is 1. The molecule has 0 spiro atoms. The molecule has 0 atom stereocenters. The fourth-order valence-electron chi connectivity index (χ4n) is 2.40. The smallest absolute Gasteiger partial charge is 0.410 e. The predicted molar refractivity (Wildman–Crippen MR) is 84.6 cm³/mol. The van der Waals surface area contributed by atoms with Gasteiger partial charge in [-0.1, -0.05) is 37.1 Å². The predicted octanol–water partition coefficient (Wildman–Crippen LogP) is 3.39. The average Bonchev–Trinajstić information content (AvgIpc) is 2.51. The summed E-state index contributed by atoms with van der Waals surface area (Å²) in [5.74, 6) is 0. The maximum atomic E-state index is 12.0. The van der Waals surface area contributed by atoms with Crippen molar-refractivity contribution < 1.29 is 9.53 Å². The number of carbonyl (C=O) groups excluding carboxylic acids is 1. The van der Waals surface area contributed by atoms with Crippen LogP contribution in [-0.4, -0.2) is 48.6 Å². The molecule has 1 aliphatic heterocycles. The molecule has 0 aliphatic carbocycles. The van der Waals surface area contributed by atoms with Crippen LogP contribution in [0.2, 0.25) is 5.02 Å². The van der Waals surface area contributed by atoms with Gasteiger partial charge in [-0.2, -0.15) is 0 Å². The summed E-state index contributed by atoms with van der Waals surface area (Å²) in [7, 11) is 0. The van der Waals surface area contributed by atoms with Crippen molar-refractivity contribution >= 4 is 17.7 Å². The number of rotatable bonds is 5. The summed E-state index contributed by atoms with van der Waals surface area (Å²) in [6.07, 6.45) is 2.20. The van der Waals surface area contributed by atoms with Crippen molar-refractivity contribution in [1.82, 2.24) is 9.80 Å². The van der Waals surface area contributed by atoms with Crippen LogP contribution in [0.25, 0.3) is 0 Å². The van der Waals surface area contributed by atoms with E-state index >= 15 is 0 Å². The van der Waals surface area contributed by atoms with Crippen LogP contribution >= 0.6 is 11.6 Å². The Bertz CT molecular complexity index is 459. The van der Waals surface area contributed by atoms with Crippen LogP contribution in [0.5, 0.6) is 0 Å². The minimum atomic E-state index is -0.231. The Hall–Kier alpha value is -1.26. The van der Waals surface area contributed by atoms with E-state index in [2.05, 4.69) is 11.8 Å². The number of hydrogen-bond donors (Lipinski definition) is 0.